The van der Waals surface area contributed by atoms with Crippen molar-refractivity contribution in [3.8, 4) is 11.1 Å². The van der Waals surface area contributed by atoms with Gasteiger partial charge in [0.2, 0.25) is 6.04 Å². The number of nitrogens with one attached hydrogen (secondary N) is 1. The van der Waals surface area contributed by atoms with Crippen molar-refractivity contribution in [1.29, 1.82) is 0 Å². The number of ether oxygens (including phenoxy) is 1. The molecule has 0 bridgehead atoms. The normalized spacial score (nSPS) is 18.4. The lowest BCUT2D eigenvalue weighted by Gasteiger charge is -2.37. The molecule has 0 saturated carbocycles. The van der Waals surface area contributed by atoms with Crippen molar-refractivity contribution in [2.24, 2.45) is 0 Å². The molecule has 2 aliphatic rings. The molecule has 1 heterocycles. The topological polar surface area (TPSA) is 95.9 Å². The smallest absolute Gasteiger partial charge is 0.417 e. The lowest BCUT2D eigenvalue weighted by molar-refractivity contribution is -0.177. The van der Waals surface area contributed by atoms with Crippen LogP contribution in [-0.4, -0.2) is 59.4 Å². The van der Waals surface area contributed by atoms with E-state index in [2.05, 4.69) is 0 Å². The molecule has 2 aromatic carbocycles. The molecule has 4 rings (SSSR count). The Kier molecular flexibility index (Phi) is 7.00. The summed E-state index contributed by atoms with van der Waals surface area (Å²) in [5.74, 6) is -2.94. The zero-order valence-corrected chi connectivity index (χ0v) is 18.8. The molecule has 1 aliphatic carbocycles. The summed E-state index contributed by atoms with van der Waals surface area (Å²) >= 11 is 0. The number of amides is 2. The van der Waals surface area contributed by atoms with Gasteiger partial charge in [0.15, 0.2) is 0 Å². The Labute approximate surface area is 199 Å². The molecule has 1 fully saturated rings. The Morgan fingerprint density at radius 3 is 2.20 bits per heavy atom. The van der Waals surface area contributed by atoms with E-state index in [-0.39, 0.29) is 25.5 Å². The third kappa shape index (κ3) is 5.26. The molecule has 2 atom stereocenters. The van der Waals surface area contributed by atoms with Gasteiger partial charge in [-0.2, -0.15) is 13.2 Å². The molecule has 7 nitrogen and oxygen atoms in total. The Morgan fingerprint density at radius 1 is 1.03 bits per heavy atom. The highest BCUT2D eigenvalue weighted by molar-refractivity contribution is 5.87. The molecule has 186 valence electrons. The number of nitrogens with zero attached hydrogens (tertiary/aromatic N) is 1. The number of hydrogen-bond donors (Lipinski definition) is 2. The van der Waals surface area contributed by atoms with Crippen molar-refractivity contribution in [2.45, 2.75) is 49.9 Å². The Morgan fingerprint density at radius 2 is 1.63 bits per heavy atom. The van der Waals surface area contributed by atoms with Crippen LogP contribution in [0.15, 0.2) is 48.5 Å². The molecule has 0 radical (unpaired) electrons. The summed E-state index contributed by atoms with van der Waals surface area (Å²) in [4.78, 5) is 37.3. The predicted molar refractivity (Wildman–Crippen MR) is 120 cm³/mol. The van der Waals surface area contributed by atoms with Gasteiger partial charge in [0.25, 0.3) is 5.91 Å². The Hall–Kier alpha value is -3.56. The van der Waals surface area contributed by atoms with E-state index in [0.717, 1.165) is 27.2 Å². The number of piperidine rings is 1. The third-order valence-corrected chi connectivity index (χ3v) is 6.50. The van der Waals surface area contributed by atoms with Crippen LogP contribution in [0.3, 0.4) is 0 Å². The van der Waals surface area contributed by atoms with Crippen molar-refractivity contribution < 1.29 is 37.4 Å². The van der Waals surface area contributed by atoms with E-state index in [9.17, 15) is 27.6 Å². The largest absolute Gasteiger partial charge is 0.481 e. The molecule has 2 N–H and O–H groups in total. The van der Waals surface area contributed by atoms with Crippen LogP contribution in [0.25, 0.3) is 11.1 Å². The fraction of sp³-hybridized carbons (Fsp3) is 0.400. The molecular weight excluding hydrogens is 465 g/mol. The predicted octanol–water partition coefficient (Wildman–Crippen LogP) is 4.31. The van der Waals surface area contributed by atoms with Crippen LogP contribution in [0.1, 0.15) is 42.7 Å². The summed E-state index contributed by atoms with van der Waals surface area (Å²) < 4.78 is 46.5. The van der Waals surface area contributed by atoms with Gasteiger partial charge in [-0.15, -0.1) is 0 Å². The van der Waals surface area contributed by atoms with Crippen LogP contribution in [0.5, 0.6) is 0 Å². The van der Waals surface area contributed by atoms with E-state index in [1.807, 2.05) is 48.5 Å². The number of carbonyl (C=O) groups excluding carboxylic acids is 2. The first-order valence-corrected chi connectivity index (χ1v) is 11.4. The van der Waals surface area contributed by atoms with Gasteiger partial charge in [-0.3, -0.25) is 9.59 Å². The van der Waals surface area contributed by atoms with Gasteiger partial charge >= 0.3 is 18.2 Å². The minimum Gasteiger partial charge on any atom is -0.481 e. The summed E-state index contributed by atoms with van der Waals surface area (Å²) in [5, 5.41) is 10.7. The summed E-state index contributed by atoms with van der Waals surface area (Å²) in [5.41, 5.74) is 3.73. The maximum atomic E-state index is 13.8. The van der Waals surface area contributed by atoms with Crippen LogP contribution in [0.2, 0.25) is 0 Å². The summed E-state index contributed by atoms with van der Waals surface area (Å²) in [6, 6.07) is 11.4. The number of hydrogen-bond acceptors (Lipinski definition) is 4. The molecular formula is C25H25F3N2O5. The molecule has 2 amide bonds. The molecule has 10 heteroatoms. The second-order valence-electron chi connectivity index (χ2n) is 8.72. The Bertz CT molecular complexity index is 1070. The molecule has 0 spiro atoms. The fourth-order valence-electron chi connectivity index (χ4n) is 4.91. The third-order valence-electron chi connectivity index (χ3n) is 6.50. The number of alkyl halides is 3. The van der Waals surface area contributed by atoms with Gasteiger partial charge in [-0.05, 0) is 41.5 Å². The number of halogens is 3. The molecule has 35 heavy (non-hydrogen) atoms. The highest BCUT2D eigenvalue weighted by Crippen LogP contribution is 2.44. The minimum absolute atomic E-state index is 0.00424. The standard InChI is InChI=1S/C25H25F3N2O5/c26-25(27,28)22(23(33)30-12-6-5-7-15(30)13-21(31)32)29-24(34)35-14-20-18-10-3-1-8-16(18)17-9-2-4-11-19(17)20/h1-4,8-11,15,20,22H,5-7,12-14H2,(H,29,34)(H,31,32). The van der Waals surface area contributed by atoms with E-state index < -0.39 is 42.7 Å². The number of aliphatic carboxylic acids is 1. The van der Waals surface area contributed by atoms with Crippen LogP contribution in [0, 0.1) is 0 Å². The van der Waals surface area contributed by atoms with Crippen molar-refractivity contribution in [2.75, 3.05) is 13.2 Å². The highest BCUT2D eigenvalue weighted by Gasteiger charge is 2.49. The molecule has 2 aromatic rings. The summed E-state index contributed by atoms with van der Waals surface area (Å²) in [6.45, 7) is -0.209. The number of alkyl carbamates (subject to hydrolysis) is 1. The summed E-state index contributed by atoms with van der Waals surface area (Å²) in [7, 11) is 0. The number of fused-ring (bicyclic) bond motifs is 3. The van der Waals surface area contributed by atoms with Crippen LogP contribution in [0.4, 0.5) is 18.0 Å². The number of rotatable bonds is 6. The van der Waals surface area contributed by atoms with E-state index in [4.69, 9.17) is 9.84 Å². The number of carbonyl (C=O) groups is 3. The number of likely N-dealkylation sites (tertiary alicyclic amines) is 1. The highest BCUT2D eigenvalue weighted by atomic mass is 19.4. The van der Waals surface area contributed by atoms with E-state index in [1.165, 1.54) is 0 Å². The molecule has 1 saturated heterocycles. The first-order valence-electron chi connectivity index (χ1n) is 11.4. The molecule has 2 unspecified atom stereocenters. The van der Waals surface area contributed by atoms with Crippen molar-refractivity contribution in [1.82, 2.24) is 10.2 Å². The number of benzene rings is 2. The van der Waals surface area contributed by atoms with Crippen molar-refractivity contribution >= 4 is 18.0 Å². The number of carboxylic acid groups (broad SMARTS) is 1. The quantitative estimate of drug-likeness (QED) is 0.629. The van der Waals surface area contributed by atoms with Gasteiger partial charge in [-0.25, -0.2) is 4.79 Å². The Balaban J connectivity index is 1.46. The van der Waals surface area contributed by atoms with Crippen LogP contribution < -0.4 is 5.32 Å². The van der Waals surface area contributed by atoms with E-state index in [0.29, 0.717) is 12.8 Å². The van der Waals surface area contributed by atoms with Crippen LogP contribution >= 0.6 is 0 Å². The maximum absolute atomic E-state index is 13.8. The lowest BCUT2D eigenvalue weighted by Crippen LogP contribution is -2.59. The molecule has 0 aromatic heterocycles. The van der Waals surface area contributed by atoms with Crippen molar-refractivity contribution in [3.05, 3.63) is 59.7 Å². The lowest BCUT2D eigenvalue weighted by atomic mass is 9.98. The zero-order valence-electron chi connectivity index (χ0n) is 18.8. The first-order chi connectivity index (χ1) is 16.7. The van der Waals surface area contributed by atoms with Gasteiger partial charge in [0, 0.05) is 18.5 Å². The van der Waals surface area contributed by atoms with E-state index >= 15 is 0 Å². The number of carboxylic acids is 1. The first kappa shape index (κ1) is 24.6. The van der Waals surface area contributed by atoms with Crippen LogP contribution in [-0.2, 0) is 14.3 Å². The van der Waals surface area contributed by atoms with Gasteiger partial charge in [0.1, 0.15) is 6.61 Å². The fourth-order valence-corrected chi connectivity index (χ4v) is 4.91. The average Bonchev–Trinajstić information content (AvgIpc) is 3.14. The average molecular weight is 490 g/mol. The minimum atomic E-state index is -5.08. The maximum Gasteiger partial charge on any atom is 0.417 e. The molecule has 1 aliphatic heterocycles. The van der Waals surface area contributed by atoms with E-state index in [1.54, 1.807) is 5.32 Å². The zero-order chi connectivity index (χ0) is 25.2. The second-order valence-corrected chi connectivity index (χ2v) is 8.72. The van der Waals surface area contributed by atoms with Gasteiger partial charge < -0.3 is 20.1 Å². The SMILES string of the molecule is O=C(O)CC1CCCCN1C(=O)C(NC(=O)OCC1c2ccccc2-c2ccccc21)C(F)(F)F. The monoisotopic (exact) mass is 490 g/mol. The summed E-state index contributed by atoms with van der Waals surface area (Å²) in [6.07, 6.45) is -5.55. The van der Waals surface area contributed by atoms with Gasteiger partial charge in [0.05, 0.1) is 6.42 Å². The second kappa shape index (κ2) is 9.97. The van der Waals surface area contributed by atoms with Gasteiger partial charge in [-0.1, -0.05) is 48.5 Å². The van der Waals surface area contributed by atoms with Crippen molar-refractivity contribution in [3.63, 3.8) is 0 Å².